The van der Waals surface area contributed by atoms with Gasteiger partial charge in [-0.2, -0.15) is 0 Å². The Labute approximate surface area is 141 Å². The predicted octanol–water partition coefficient (Wildman–Crippen LogP) is 2.48. The molecule has 0 bridgehead atoms. The van der Waals surface area contributed by atoms with Crippen LogP contribution in [0.2, 0.25) is 0 Å². The fourth-order valence-electron chi connectivity index (χ4n) is 2.23. The second-order valence-corrected chi connectivity index (χ2v) is 5.63. The van der Waals surface area contributed by atoms with Gasteiger partial charge in [0.2, 0.25) is 0 Å². The van der Waals surface area contributed by atoms with E-state index in [4.69, 9.17) is 4.74 Å². The van der Waals surface area contributed by atoms with Crippen LogP contribution >= 0.6 is 0 Å². The van der Waals surface area contributed by atoms with E-state index in [1.54, 1.807) is 7.05 Å². The van der Waals surface area contributed by atoms with Crippen molar-refractivity contribution < 1.29 is 4.74 Å². The van der Waals surface area contributed by atoms with Gasteiger partial charge in [0.05, 0.1) is 6.61 Å². The minimum Gasteiger partial charge on any atom is -0.494 e. The van der Waals surface area contributed by atoms with Gasteiger partial charge >= 0.3 is 0 Å². The Balaban J connectivity index is 2.43. The molecule has 1 atom stereocenters. The van der Waals surface area contributed by atoms with Crippen molar-refractivity contribution in [2.45, 2.75) is 39.8 Å². The number of likely N-dealkylation sites (N-methyl/N-ethyl adjacent to an activating group) is 1. The highest BCUT2D eigenvalue weighted by Gasteiger charge is 2.07. The molecule has 23 heavy (non-hydrogen) atoms. The molecule has 0 radical (unpaired) electrons. The average molecular weight is 320 g/mol. The van der Waals surface area contributed by atoms with Crippen molar-refractivity contribution in [1.29, 1.82) is 0 Å². The van der Waals surface area contributed by atoms with Gasteiger partial charge in [-0.1, -0.05) is 25.1 Å². The minimum absolute atomic E-state index is 0.602. The summed E-state index contributed by atoms with van der Waals surface area (Å²) in [5.41, 5.74) is 1.13. The van der Waals surface area contributed by atoms with Gasteiger partial charge in [0.25, 0.3) is 0 Å². The Morgan fingerprint density at radius 1 is 1.26 bits per heavy atom. The van der Waals surface area contributed by atoms with Gasteiger partial charge in [-0.3, -0.25) is 4.99 Å². The smallest absolute Gasteiger partial charge is 0.191 e. The van der Waals surface area contributed by atoms with Crippen LogP contribution in [-0.4, -0.2) is 50.7 Å². The van der Waals surface area contributed by atoms with Crippen LogP contribution in [0.15, 0.2) is 29.3 Å². The van der Waals surface area contributed by atoms with Gasteiger partial charge in [0.1, 0.15) is 5.75 Å². The summed E-state index contributed by atoms with van der Waals surface area (Å²) in [7, 11) is 3.95. The number of ether oxygens (including phenoxy) is 1. The third kappa shape index (κ3) is 6.91. The van der Waals surface area contributed by atoms with Gasteiger partial charge in [0.15, 0.2) is 5.96 Å². The lowest BCUT2D eigenvalue weighted by Crippen LogP contribution is -2.42. The van der Waals surface area contributed by atoms with Gasteiger partial charge in [-0.15, -0.1) is 0 Å². The lowest BCUT2D eigenvalue weighted by Gasteiger charge is -2.24. The number of para-hydroxylation sites is 1. The Morgan fingerprint density at radius 2 is 2.00 bits per heavy atom. The van der Waals surface area contributed by atoms with Crippen LogP contribution in [0.25, 0.3) is 0 Å². The highest BCUT2D eigenvalue weighted by molar-refractivity contribution is 5.79. The van der Waals surface area contributed by atoms with E-state index in [9.17, 15) is 0 Å². The van der Waals surface area contributed by atoms with E-state index in [1.807, 2.05) is 25.1 Å². The van der Waals surface area contributed by atoms with Gasteiger partial charge in [0, 0.05) is 38.3 Å². The van der Waals surface area contributed by atoms with Crippen LogP contribution in [0.3, 0.4) is 0 Å². The molecule has 0 aromatic heterocycles. The molecule has 5 heteroatoms. The van der Waals surface area contributed by atoms with Crippen LogP contribution in [-0.2, 0) is 6.54 Å². The predicted molar refractivity (Wildman–Crippen MR) is 98.2 cm³/mol. The van der Waals surface area contributed by atoms with Crippen molar-refractivity contribution in [1.82, 2.24) is 15.5 Å². The second-order valence-electron chi connectivity index (χ2n) is 5.63. The van der Waals surface area contributed by atoms with Crippen molar-refractivity contribution in [3.05, 3.63) is 29.8 Å². The first-order chi connectivity index (χ1) is 11.1. The van der Waals surface area contributed by atoms with E-state index in [1.165, 1.54) is 0 Å². The molecule has 0 aliphatic rings. The fraction of sp³-hybridized carbons (Fsp3) is 0.611. The molecule has 0 aliphatic carbocycles. The zero-order valence-electron chi connectivity index (χ0n) is 15.2. The van der Waals surface area contributed by atoms with Crippen molar-refractivity contribution in [3.8, 4) is 5.75 Å². The van der Waals surface area contributed by atoms with Gasteiger partial charge in [-0.25, -0.2) is 0 Å². The number of rotatable bonds is 9. The van der Waals surface area contributed by atoms with E-state index in [0.717, 1.165) is 36.8 Å². The standard InChI is InChI=1S/C18H32N4O/c1-6-15(3)22(5)13-12-20-18(19-4)21-14-16-10-8-9-11-17(16)23-7-2/h8-11,15H,6-7,12-14H2,1-5H3,(H2,19,20,21). The topological polar surface area (TPSA) is 48.9 Å². The van der Waals surface area contributed by atoms with E-state index in [0.29, 0.717) is 19.2 Å². The Bertz CT molecular complexity index is 476. The molecule has 0 amide bonds. The summed E-state index contributed by atoms with van der Waals surface area (Å²) in [5, 5.41) is 6.70. The Morgan fingerprint density at radius 3 is 2.65 bits per heavy atom. The molecule has 1 aromatic carbocycles. The number of aliphatic imine (C=N–C) groups is 1. The molecule has 0 heterocycles. The zero-order chi connectivity index (χ0) is 17.1. The molecule has 0 spiro atoms. The Hall–Kier alpha value is -1.75. The molecule has 0 fully saturated rings. The molecule has 130 valence electrons. The Kier molecular flexibility index (Phi) is 9.14. The lowest BCUT2D eigenvalue weighted by molar-refractivity contribution is 0.255. The molecule has 1 aromatic rings. The normalized spacial score (nSPS) is 13.0. The quantitative estimate of drug-likeness (QED) is 0.542. The first-order valence-electron chi connectivity index (χ1n) is 8.47. The summed E-state index contributed by atoms with van der Waals surface area (Å²) >= 11 is 0. The van der Waals surface area contributed by atoms with Crippen molar-refractivity contribution in [3.63, 3.8) is 0 Å². The number of hydrogen-bond acceptors (Lipinski definition) is 3. The van der Waals surface area contributed by atoms with Crippen molar-refractivity contribution >= 4 is 5.96 Å². The number of hydrogen-bond donors (Lipinski definition) is 2. The van der Waals surface area contributed by atoms with Crippen molar-refractivity contribution in [2.24, 2.45) is 4.99 Å². The van der Waals surface area contributed by atoms with E-state index < -0.39 is 0 Å². The van der Waals surface area contributed by atoms with Gasteiger partial charge in [-0.05, 0) is 33.4 Å². The zero-order valence-corrected chi connectivity index (χ0v) is 15.2. The van der Waals surface area contributed by atoms with Crippen LogP contribution in [0.5, 0.6) is 5.75 Å². The van der Waals surface area contributed by atoms with Crippen LogP contribution < -0.4 is 15.4 Å². The first-order valence-corrected chi connectivity index (χ1v) is 8.47. The maximum atomic E-state index is 5.65. The largest absolute Gasteiger partial charge is 0.494 e. The fourth-order valence-corrected chi connectivity index (χ4v) is 2.23. The third-order valence-corrected chi connectivity index (χ3v) is 4.04. The maximum Gasteiger partial charge on any atom is 0.191 e. The van der Waals surface area contributed by atoms with Gasteiger partial charge < -0.3 is 20.3 Å². The molecule has 2 N–H and O–H groups in total. The summed E-state index contributed by atoms with van der Waals surface area (Å²) in [6.45, 7) is 9.68. The number of nitrogens with one attached hydrogen (secondary N) is 2. The molecular weight excluding hydrogens is 288 g/mol. The number of guanidine groups is 1. The highest BCUT2D eigenvalue weighted by atomic mass is 16.5. The summed E-state index contributed by atoms with van der Waals surface area (Å²) in [6, 6.07) is 8.69. The summed E-state index contributed by atoms with van der Waals surface area (Å²) in [6.07, 6.45) is 1.16. The lowest BCUT2D eigenvalue weighted by atomic mass is 10.2. The second kappa shape index (κ2) is 10.9. The molecule has 0 saturated carbocycles. The van der Waals surface area contributed by atoms with Crippen molar-refractivity contribution in [2.75, 3.05) is 33.8 Å². The molecule has 1 unspecified atom stereocenters. The SMILES string of the molecule is CCOc1ccccc1CNC(=NC)NCCN(C)C(C)CC. The number of nitrogens with zero attached hydrogens (tertiary/aromatic N) is 2. The highest BCUT2D eigenvalue weighted by Crippen LogP contribution is 2.17. The van der Waals surface area contributed by atoms with E-state index >= 15 is 0 Å². The molecular formula is C18H32N4O. The molecule has 0 saturated heterocycles. The van der Waals surface area contributed by atoms with Crippen LogP contribution in [0.1, 0.15) is 32.8 Å². The van der Waals surface area contributed by atoms with E-state index in [-0.39, 0.29) is 0 Å². The number of benzene rings is 1. The van der Waals surface area contributed by atoms with E-state index in [2.05, 4.69) is 47.5 Å². The maximum absolute atomic E-state index is 5.65. The third-order valence-electron chi connectivity index (χ3n) is 4.04. The summed E-state index contributed by atoms with van der Waals surface area (Å²) in [4.78, 5) is 6.63. The molecule has 1 rings (SSSR count). The molecule has 5 nitrogen and oxygen atoms in total. The summed E-state index contributed by atoms with van der Waals surface area (Å²) < 4.78 is 5.65. The minimum atomic E-state index is 0.602. The first kappa shape index (κ1) is 19.3. The average Bonchev–Trinajstić information content (AvgIpc) is 2.58. The van der Waals surface area contributed by atoms with Crippen LogP contribution in [0, 0.1) is 0 Å². The molecule has 0 aliphatic heterocycles. The van der Waals surface area contributed by atoms with Crippen LogP contribution in [0.4, 0.5) is 0 Å². The monoisotopic (exact) mass is 320 g/mol. The summed E-state index contributed by atoms with van der Waals surface area (Å²) in [5.74, 6) is 1.74.